The van der Waals surface area contributed by atoms with Crippen LogP contribution in [-0.2, 0) is 0 Å². The summed E-state index contributed by atoms with van der Waals surface area (Å²) in [5, 5.41) is 12.8. The molecule has 1 aliphatic carbocycles. The smallest absolute Gasteiger partial charge is 0.0471 e. The van der Waals surface area contributed by atoms with Gasteiger partial charge in [-0.15, -0.1) is 0 Å². The molecular weight excluding hydrogens is 222 g/mol. The van der Waals surface area contributed by atoms with Crippen LogP contribution in [-0.4, -0.2) is 23.8 Å². The summed E-state index contributed by atoms with van der Waals surface area (Å²) in [5.41, 5.74) is 2.93. The molecule has 0 aromatic heterocycles. The first-order chi connectivity index (χ1) is 8.61. The second-order valence-corrected chi connectivity index (χ2v) is 5.84. The number of rotatable bonds is 5. The van der Waals surface area contributed by atoms with Crippen molar-refractivity contribution >= 4 is 0 Å². The van der Waals surface area contributed by atoms with Gasteiger partial charge in [-0.1, -0.05) is 31.2 Å². The van der Waals surface area contributed by atoms with Crippen molar-refractivity contribution in [1.82, 2.24) is 5.32 Å². The van der Waals surface area contributed by atoms with Crippen LogP contribution in [0.5, 0.6) is 0 Å². The molecule has 1 fully saturated rings. The van der Waals surface area contributed by atoms with Gasteiger partial charge in [0.05, 0.1) is 0 Å². The van der Waals surface area contributed by atoms with Gasteiger partial charge in [0.25, 0.3) is 0 Å². The van der Waals surface area contributed by atoms with Crippen LogP contribution in [0.2, 0.25) is 0 Å². The molecule has 100 valence electrons. The molecule has 1 aromatic rings. The third-order valence-corrected chi connectivity index (χ3v) is 4.41. The normalized spacial score (nSPS) is 26.4. The van der Waals surface area contributed by atoms with E-state index in [0.717, 1.165) is 5.92 Å². The number of nitrogens with one attached hydrogen (secondary N) is 1. The van der Waals surface area contributed by atoms with Crippen LogP contribution in [0.3, 0.4) is 0 Å². The summed E-state index contributed by atoms with van der Waals surface area (Å²) in [6, 6.07) is 9.73. The van der Waals surface area contributed by atoms with E-state index in [0.29, 0.717) is 18.0 Å². The van der Waals surface area contributed by atoms with Crippen molar-refractivity contribution in [2.75, 3.05) is 6.61 Å². The Morgan fingerprint density at radius 1 is 1.28 bits per heavy atom. The van der Waals surface area contributed by atoms with Crippen molar-refractivity contribution < 1.29 is 5.11 Å². The van der Waals surface area contributed by atoms with E-state index >= 15 is 0 Å². The summed E-state index contributed by atoms with van der Waals surface area (Å²) in [7, 11) is 0. The van der Waals surface area contributed by atoms with E-state index in [2.05, 4.69) is 50.4 Å². The highest BCUT2D eigenvalue weighted by Gasteiger charge is 2.32. The fourth-order valence-electron chi connectivity index (χ4n) is 2.75. The maximum Gasteiger partial charge on any atom is 0.0471 e. The molecule has 0 radical (unpaired) electrons. The highest BCUT2D eigenvalue weighted by molar-refractivity contribution is 5.31. The minimum atomic E-state index is 0.266. The van der Waals surface area contributed by atoms with E-state index in [4.69, 9.17) is 5.11 Å². The van der Waals surface area contributed by atoms with Crippen molar-refractivity contribution in [1.29, 1.82) is 0 Å². The van der Waals surface area contributed by atoms with Gasteiger partial charge in [-0.2, -0.15) is 0 Å². The van der Waals surface area contributed by atoms with E-state index in [9.17, 15) is 0 Å². The van der Waals surface area contributed by atoms with Crippen LogP contribution >= 0.6 is 0 Å². The lowest BCUT2D eigenvalue weighted by molar-refractivity contribution is 0.180. The van der Waals surface area contributed by atoms with Crippen LogP contribution in [0.15, 0.2) is 24.3 Å². The average Bonchev–Trinajstić information content (AvgIpc) is 2.33. The Balaban J connectivity index is 1.82. The van der Waals surface area contributed by atoms with Gasteiger partial charge in [0, 0.05) is 18.7 Å². The van der Waals surface area contributed by atoms with Crippen molar-refractivity contribution in [3.63, 3.8) is 0 Å². The van der Waals surface area contributed by atoms with Crippen LogP contribution in [0.25, 0.3) is 0 Å². The predicted molar refractivity (Wildman–Crippen MR) is 75.8 cm³/mol. The minimum Gasteiger partial charge on any atom is -0.396 e. The van der Waals surface area contributed by atoms with E-state index in [1.807, 2.05) is 0 Å². The molecule has 0 saturated heterocycles. The zero-order valence-corrected chi connectivity index (χ0v) is 11.7. The average molecular weight is 247 g/mol. The van der Waals surface area contributed by atoms with Gasteiger partial charge in [0.15, 0.2) is 0 Å². The summed E-state index contributed by atoms with van der Waals surface area (Å²) in [5.74, 6) is 1.06. The first kappa shape index (κ1) is 13.6. The molecule has 2 N–H and O–H groups in total. The Hall–Kier alpha value is -0.860. The number of benzene rings is 1. The monoisotopic (exact) mass is 247 g/mol. The zero-order valence-electron chi connectivity index (χ0n) is 11.7. The number of hydrogen-bond donors (Lipinski definition) is 2. The topological polar surface area (TPSA) is 32.3 Å². The Morgan fingerprint density at radius 2 is 1.94 bits per heavy atom. The summed E-state index contributed by atoms with van der Waals surface area (Å²) < 4.78 is 0. The van der Waals surface area contributed by atoms with Gasteiger partial charge in [-0.25, -0.2) is 0 Å². The van der Waals surface area contributed by atoms with Crippen LogP contribution in [0.1, 0.15) is 43.7 Å². The van der Waals surface area contributed by atoms with Gasteiger partial charge in [-0.05, 0) is 49.7 Å². The van der Waals surface area contributed by atoms with Crippen molar-refractivity contribution in [3.05, 3.63) is 35.4 Å². The Labute approximate surface area is 110 Å². The molecular formula is C16H25NO. The van der Waals surface area contributed by atoms with Gasteiger partial charge < -0.3 is 10.4 Å². The fraction of sp³-hybridized carbons (Fsp3) is 0.625. The lowest BCUT2D eigenvalue weighted by atomic mass is 9.74. The zero-order chi connectivity index (χ0) is 13.1. The molecule has 1 aromatic carbocycles. The number of hydrogen-bond acceptors (Lipinski definition) is 2. The summed E-state index contributed by atoms with van der Waals surface area (Å²) >= 11 is 0. The lowest BCUT2D eigenvalue weighted by Crippen LogP contribution is -2.47. The summed E-state index contributed by atoms with van der Waals surface area (Å²) in [6.07, 6.45) is 2.46. The first-order valence-electron chi connectivity index (χ1n) is 7.04. The SMILES string of the molecule is Cc1ccccc1C1CC(NC(C)C(C)CO)C1. The van der Waals surface area contributed by atoms with E-state index in [-0.39, 0.29) is 6.61 Å². The summed E-state index contributed by atoms with van der Waals surface area (Å²) in [6.45, 7) is 6.73. The summed E-state index contributed by atoms with van der Waals surface area (Å²) in [4.78, 5) is 0. The van der Waals surface area contributed by atoms with Crippen molar-refractivity contribution in [2.45, 2.75) is 51.6 Å². The molecule has 2 atom stereocenters. The molecule has 2 nitrogen and oxygen atoms in total. The Kier molecular flexibility index (Phi) is 4.41. The molecule has 18 heavy (non-hydrogen) atoms. The second kappa shape index (κ2) is 5.85. The van der Waals surface area contributed by atoms with Crippen LogP contribution in [0, 0.1) is 12.8 Å². The maximum absolute atomic E-state index is 9.14. The highest BCUT2D eigenvalue weighted by atomic mass is 16.3. The number of aliphatic hydroxyl groups excluding tert-OH is 1. The molecule has 1 aliphatic rings. The third-order valence-electron chi connectivity index (χ3n) is 4.41. The molecule has 0 aliphatic heterocycles. The molecule has 2 unspecified atom stereocenters. The van der Waals surface area contributed by atoms with Crippen molar-refractivity contribution in [3.8, 4) is 0 Å². The first-order valence-corrected chi connectivity index (χ1v) is 7.04. The molecule has 0 bridgehead atoms. The van der Waals surface area contributed by atoms with Gasteiger partial charge in [0.1, 0.15) is 0 Å². The molecule has 1 saturated carbocycles. The second-order valence-electron chi connectivity index (χ2n) is 5.84. The van der Waals surface area contributed by atoms with Gasteiger partial charge in [0.2, 0.25) is 0 Å². The van der Waals surface area contributed by atoms with E-state index in [1.54, 1.807) is 0 Å². The van der Waals surface area contributed by atoms with Crippen LogP contribution < -0.4 is 5.32 Å². The minimum absolute atomic E-state index is 0.266. The molecule has 2 rings (SSSR count). The molecule has 0 amide bonds. The Bertz CT molecular complexity index is 384. The quantitative estimate of drug-likeness (QED) is 0.838. The van der Waals surface area contributed by atoms with Gasteiger partial charge in [-0.3, -0.25) is 0 Å². The fourth-order valence-corrected chi connectivity index (χ4v) is 2.75. The van der Waals surface area contributed by atoms with Crippen LogP contribution in [0.4, 0.5) is 0 Å². The maximum atomic E-state index is 9.14. The van der Waals surface area contributed by atoms with E-state index < -0.39 is 0 Å². The number of aryl methyl sites for hydroxylation is 1. The van der Waals surface area contributed by atoms with Crippen molar-refractivity contribution in [2.24, 2.45) is 5.92 Å². The molecule has 2 heteroatoms. The number of aliphatic hydroxyl groups is 1. The highest BCUT2D eigenvalue weighted by Crippen LogP contribution is 2.38. The standard InChI is InChI=1S/C16H25NO/c1-11-6-4-5-7-16(11)14-8-15(9-14)17-13(3)12(2)10-18/h4-7,12-15,17-18H,8-10H2,1-3H3. The third kappa shape index (κ3) is 2.93. The Morgan fingerprint density at radius 3 is 2.56 bits per heavy atom. The molecule has 0 heterocycles. The lowest BCUT2D eigenvalue weighted by Gasteiger charge is -2.39. The largest absolute Gasteiger partial charge is 0.396 e. The van der Waals surface area contributed by atoms with E-state index in [1.165, 1.54) is 24.0 Å². The van der Waals surface area contributed by atoms with Gasteiger partial charge >= 0.3 is 0 Å². The molecule has 0 spiro atoms. The predicted octanol–water partition coefficient (Wildman–Crippen LogP) is 2.85.